The van der Waals surface area contributed by atoms with E-state index in [4.69, 9.17) is 0 Å². The fourth-order valence-electron chi connectivity index (χ4n) is 3.12. The number of carbonyl (C=O) groups excluding carboxylic acids is 1. The first-order valence-corrected chi connectivity index (χ1v) is 8.60. The van der Waals surface area contributed by atoms with Gasteiger partial charge in [-0.15, -0.1) is 0 Å². The number of alkyl halides is 2. The summed E-state index contributed by atoms with van der Waals surface area (Å²) < 4.78 is 27.0. The van der Waals surface area contributed by atoms with Gasteiger partial charge in [-0.3, -0.25) is 9.69 Å². The van der Waals surface area contributed by atoms with Crippen LogP contribution < -0.4 is 5.32 Å². The van der Waals surface area contributed by atoms with Crippen molar-refractivity contribution in [3.05, 3.63) is 29.7 Å². The Balaban J connectivity index is 1.63. The van der Waals surface area contributed by atoms with Crippen LogP contribution in [-0.4, -0.2) is 51.1 Å². The molecule has 0 aromatic carbocycles. The Morgan fingerprint density at radius 2 is 2.12 bits per heavy atom. The van der Waals surface area contributed by atoms with Crippen LogP contribution in [0.2, 0.25) is 0 Å². The van der Waals surface area contributed by atoms with E-state index < -0.39 is 6.43 Å². The number of aromatic nitrogens is 3. The number of likely N-dealkylation sites (tertiary alicyclic amines) is 1. The minimum absolute atomic E-state index is 0.0973. The third-order valence-electron chi connectivity index (χ3n) is 4.84. The van der Waals surface area contributed by atoms with E-state index >= 15 is 0 Å². The molecule has 25 heavy (non-hydrogen) atoms. The number of hydrogen-bond donors (Lipinski definition) is 1. The van der Waals surface area contributed by atoms with Crippen molar-refractivity contribution in [2.24, 2.45) is 5.92 Å². The summed E-state index contributed by atoms with van der Waals surface area (Å²) in [5.41, 5.74) is 0.0564. The molecule has 1 saturated heterocycles. The van der Waals surface area contributed by atoms with Gasteiger partial charge in [-0.2, -0.15) is 5.10 Å². The Kier molecular flexibility index (Phi) is 5.27. The predicted octanol–water partition coefficient (Wildman–Crippen LogP) is 2.52. The molecule has 1 aliphatic rings. The number of nitrogens with zero attached hydrogens (tertiary/aromatic N) is 4. The summed E-state index contributed by atoms with van der Waals surface area (Å²) in [6, 6.07) is 2.85. The lowest BCUT2D eigenvalue weighted by Crippen LogP contribution is -2.45. The molecule has 2 aromatic rings. The molecule has 0 saturated carbocycles. The monoisotopic (exact) mass is 351 g/mol. The number of hydrogen-bond acceptors (Lipinski definition) is 4. The number of fused-ring (bicyclic) bond motifs is 1. The van der Waals surface area contributed by atoms with Crippen LogP contribution >= 0.6 is 0 Å². The van der Waals surface area contributed by atoms with Crippen LogP contribution in [0.5, 0.6) is 0 Å². The van der Waals surface area contributed by atoms with Gasteiger partial charge < -0.3 is 5.32 Å². The number of piperidine rings is 1. The standard InChI is InChI=1S/C17H23F2N5O/c1-11-4-7-23(8-5-11)12(2)10-21-17(25)13-9-15-20-6-3-14(16(18)19)24(15)22-13/h3,6,9,11-12,16H,4-5,7-8,10H2,1-2H3,(H,21,25). The lowest BCUT2D eigenvalue weighted by Gasteiger charge is -2.34. The van der Waals surface area contributed by atoms with Crippen molar-refractivity contribution in [2.75, 3.05) is 19.6 Å². The van der Waals surface area contributed by atoms with Crippen molar-refractivity contribution in [2.45, 2.75) is 39.2 Å². The van der Waals surface area contributed by atoms with Crippen LogP contribution in [0.3, 0.4) is 0 Å². The van der Waals surface area contributed by atoms with E-state index in [1.165, 1.54) is 31.2 Å². The minimum atomic E-state index is -2.68. The van der Waals surface area contributed by atoms with Crippen molar-refractivity contribution in [1.29, 1.82) is 0 Å². The van der Waals surface area contributed by atoms with Crippen LogP contribution in [-0.2, 0) is 0 Å². The molecule has 1 unspecified atom stereocenters. The molecule has 1 aliphatic heterocycles. The normalized spacial score (nSPS) is 18.0. The number of halogens is 2. The molecule has 0 spiro atoms. The lowest BCUT2D eigenvalue weighted by molar-refractivity contribution is 0.0915. The highest BCUT2D eigenvalue weighted by Crippen LogP contribution is 2.19. The molecule has 2 aromatic heterocycles. The zero-order valence-electron chi connectivity index (χ0n) is 14.5. The fraction of sp³-hybridized carbons (Fsp3) is 0.588. The third kappa shape index (κ3) is 3.95. The summed E-state index contributed by atoms with van der Waals surface area (Å²) in [6.07, 6.45) is 0.960. The van der Waals surface area contributed by atoms with Gasteiger partial charge in [0.1, 0.15) is 5.69 Å². The van der Waals surface area contributed by atoms with Crippen molar-refractivity contribution >= 4 is 11.6 Å². The molecular weight excluding hydrogens is 328 g/mol. The fourth-order valence-corrected chi connectivity index (χ4v) is 3.12. The zero-order valence-corrected chi connectivity index (χ0v) is 14.5. The van der Waals surface area contributed by atoms with E-state index in [1.807, 2.05) is 0 Å². The second-order valence-electron chi connectivity index (χ2n) is 6.75. The van der Waals surface area contributed by atoms with E-state index in [0.717, 1.165) is 23.5 Å². The van der Waals surface area contributed by atoms with Gasteiger partial charge >= 0.3 is 0 Å². The molecule has 0 bridgehead atoms. The van der Waals surface area contributed by atoms with Crippen molar-refractivity contribution < 1.29 is 13.6 Å². The highest BCUT2D eigenvalue weighted by atomic mass is 19.3. The molecule has 0 radical (unpaired) electrons. The average molecular weight is 351 g/mol. The molecule has 6 nitrogen and oxygen atoms in total. The first-order valence-electron chi connectivity index (χ1n) is 8.60. The topological polar surface area (TPSA) is 62.5 Å². The molecule has 1 atom stereocenters. The summed E-state index contributed by atoms with van der Waals surface area (Å²) in [4.78, 5) is 18.7. The summed E-state index contributed by atoms with van der Waals surface area (Å²) in [5, 5.41) is 6.83. The Morgan fingerprint density at radius 3 is 2.80 bits per heavy atom. The van der Waals surface area contributed by atoms with Crippen LogP contribution in [0, 0.1) is 5.92 Å². The predicted molar refractivity (Wildman–Crippen MR) is 89.7 cm³/mol. The molecule has 1 N–H and O–H groups in total. The number of amides is 1. The number of carbonyl (C=O) groups is 1. The van der Waals surface area contributed by atoms with E-state index in [1.54, 1.807) is 0 Å². The molecule has 3 heterocycles. The largest absolute Gasteiger partial charge is 0.349 e. The maximum atomic E-state index is 13.0. The molecule has 0 aliphatic carbocycles. The molecule has 3 rings (SSSR count). The van der Waals surface area contributed by atoms with Gasteiger partial charge in [0, 0.05) is 24.8 Å². The minimum Gasteiger partial charge on any atom is -0.349 e. The maximum Gasteiger partial charge on any atom is 0.280 e. The Hall–Kier alpha value is -2.09. The van der Waals surface area contributed by atoms with E-state index in [9.17, 15) is 13.6 Å². The van der Waals surface area contributed by atoms with Crippen LogP contribution in [0.25, 0.3) is 5.65 Å². The van der Waals surface area contributed by atoms with Crippen molar-refractivity contribution in [1.82, 2.24) is 24.8 Å². The molecular formula is C17H23F2N5O. The van der Waals surface area contributed by atoms with Gasteiger partial charge in [-0.1, -0.05) is 6.92 Å². The Morgan fingerprint density at radius 1 is 1.40 bits per heavy atom. The molecule has 8 heteroatoms. The van der Waals surface area contributed by atoms with Gasteiger partial charge in [0.15, 0.2) is 11.3 Å². The van der Waals surface area contributed by atoms with Crippen LogP contribution in [0.4, 0.5) is 8.78 Å². The van der Waals surface area contributed by atoms with E-state index in [0.29, 0.717) is 6.54 Å². The van der Waals surface area contributed by atoms with E-state index in [2.05, 4.69) is 34.1 Å². The summed E-state index contributed by atoms with van der Waals surface area (Å²) in [6.45, 7) is 6.91. The van der Waals surface area contributed by atoms with Gasteiger partial charge in [0.2, 0.25) is 0 Å². The molecule has 1 fully saturated rings. The number of rotatable bonds is 5. The summed E-state index contributed by atoms with van der Waals surface area (Å²) in [5.74, 6) is 0.385. The van der Waals surface area contributed by atoms with Crippen LogP contribution in [0.1, 0.15) is 49.3 Å². The van der Waals surface area contributed by atoms with Gasteiger partial charge in [0.25, 0.3) is 12.3 Å². The summed E-state index contributed by atoms with van der Waals surface area (Å²) in [7, 11) is 0. The average Bonchev–Trinajstić information content (AvgIpc) is 3.04. The molecule has 1 amide bonds. The summed E-state index contributed by atoms with van der Waals surface area (Å²) >= 11 is 0. The Labute approximate surface area is 145 Å². The highest BCUT2D eigenvalue weighted by Gasteiger charge is 2.22. The molecule has 136 valence electrons. The smallest absolute Gasteiger partial charge is 0.280 e. The van der Waals surface area contributed by atoms with Gasteiger partial charge in [-0.25, -0.2) is 18.3 Å². The SMILES string of the molecule is CC1CCN(C(C)CNC(=O)c2cc3nccc(C(F)F)n3n2)CC1. The van der Waals surface area contributed by atoms with Crippen molar-refractivity contribution in [3.63, 3.8) is 0 Å². The third-order valence-corrected chi connectivity index (χ3v) is 4.84. The second kappa shape index (κ2) is 7.43. The first-order chi connectivity index (χ1) is 12.0. The lowest BCUT2D eigenvalue weighted by atomic mass is 9.98. The zero-order chi connectivity index (χ0) is 18.0. The number of nitrogens with one attached hydrogen (secondary N) is 1. The van der Waals surface area contributed by atoms with Gasteiger partial charge in [-0.05, 0) is 44.8 Å². The van der Waals surface area contributed by atoms with Crippen LogP contribution in [0.15, 0.2) is 18.3 Å². The second-order valence-corrected chi connectivity index (χ2v) is 6.75. The maximum absolute atomic E-state index is 13.0. The highest BCUT2D eigenvalue weighted by molar-refractivity contribution is 5.93. The van der Waals surface area contributed by atoms with Crippen molar-refractivity contribution in [3.8, 4) is 0 Å². The van der Waals surface area contributed by atoms with Gasteiger partial charge in [0.05, 0.1) is 0 Å². The first kappa shape index (κ1) is 17.7. The quantitative estimate of drug-likeness (QED) is 0.899. The Bertz CT molecular complexity index is 740. The van der Waals surface area contributed by atoms with E-state index in [-0.39, 0.29) is 29.0 Å².